The van der Waals surface area contributed by atoms with Crippen LogP contribution in [0.15, 0.2) is 47.4 Å². The van der Waals surface area contributed by atoms with Crippen molar-refractivity contribution in [1.29, 1.82) is 0 Å². The number of aromatic amines is 1. The van der Waals surface area contributed by atoms with Gasteiger partial charge in [0.05, 0.1) is 17.0 Å². The molecule has 9 nitrogen and oxygen atoms in total. The fourth-order valence-corrected chi connectivity index (χ4v) is 5.31. The van der Waals surface area contributed by atoms with Crippen LogP contribution in [-0.2, 0) is 46.1 Å². The monoisotopic (exact) mass is 523 g/mol. The van der Waals surface area contributed by atoms with Crippen LogP contribution in [0.2, 0.25) is 0 Å². The van der Waals surface area contributed by atoms with Crippen LogP contribution in [0.1, 0.15) is 34.5 Å². The summed E-state index contributed by atoms with van der Waals surface area (Å²) in [4.78, 5) is 25.6. The number of pyridine rings is 1. The summed E-state index contributed by atoms with van der Waals surface area (Å²) in [5.74, 6) is -1.02. The molecule has 0 saturated carbocycles. The van der Waals surface area contributed by atoms with E-state index in [9.17, 15) is 31.2 Å². The van der Waals surface area contributed by atoms with Gasteiger partial charge in [0.25, 0.3) is 5.56 Å². The Morgan fingerprint density at radius 2 is 1.92 bits per heavy atom. The first-order valence-electron chi connectivity index (χ1n) is 11.1. The Hall–Kier alpha value is -3.61. The molecule has 192 valence electrons. The van der Waals surface area contributed by atoms with Crippen molar-refractivity contribution in [3.63, 3.8) is 0 Å². The molecule has 0 radical (unpaired) electrons. The fraction of sp³-hybridized carbons (Fsp3) is 0.348. The second-order valence-electron chi connectivity index (χ2n) is 8.70. The highest BCUT2D eigenvalue weighted by Crippen LogP contribution is 2.29. The maximum absolute atomic E-state index is 13.0. The number of carbonyl (C=O) groups is 1. The molecule has 1 unspecified atom stereocenters. The van der Waals surface area contributed by atoms with Gasteiger partial charge in [0.15, 0.2) is 0 Å². The number of H-pyrrole nitrogens is 1. The number of carbonyl (C=O) groups excluding carboxylic acids is 1. The lowest BCUT2D eigenvalue weighted by Crippen LogP contribution is -2.42. The van der Waals surface area contributed by atoms with Crippen LogP contribution in [0, 0.1) is 6.92 Å². The van der Waals surface area contributed by atoms with Gasteiger partial charge < -0.3 is 9.88 Å². The second kappa shape index (κ2) is 9.80. The SMILES string of the molecule is Cc1ccc(NS(=O)(=O)Cc2ccc(C(F)(F)F)cc2)c(=O)n1CC(=O)NC1CCc2n[nH]cc2C1. The minimum absolute atomic E-state index is 0.107. The fourth-order valence-electron chi connectivity index (χ4n) is 4.11. The molecule has 4 rings (SSSR count). The third-order valence-corrected chi connectivity index (χ3v) is 7.21. The zero-order valence-electron chi connectivity index (χ0n) is 19.2. The van der Waals surface area contributed by atoms with E-state index in [2.05, 4.69) is 20.2 Å². The van der Waals surface area contributed by atoms with E-state index in [0.29, 0.717) is 18.5 Å². The maximum Gasteiger partial charge on any atom is 0.416 e. The number of sulfonamides is 1. The lowest BCUT2D eigenvalue weighted by atomic mass is 9.93. The van der Waals surface area contributed by atoms with Gasteiger partial charge in [-0.3, -0.25) is 19.4 Å². The van der Waals surface area contributed by atoms with Crippen molar-refractivity contribution < 1.29 is 26.4 Å². The summed E-state index contributed by atoms with van der Waals surface area (Å²) in [6.07, 6.45) is -0.688. The summed E-state index contributed by atoms with van der Waals surface area (Å²) in [6, 6.07) is 6.41. The molecule has 0 fully saturated rings. The number of hydrogen-bond donors (Lipinski definition) is 3. The first-order chi connectivity index (χ1) is 16.9. The van der Waals surface area contributed by atoms with Crippen LogP contribution in [0.25, 0.3) is 0 Å². The number of alkyl halides is 3. The molecule has 1 atom stereocenters. The molecule has 3 aromatic rings. The van der Waals surface area contributed by atoms with E-state index >= 15 is 0 Å². The van der Waals surface area contributed by atoms with Gasteiger partial charge in [0.2, 0.25) is 15.9 Å². The lowest BCUT2D eigenvalue weighted by molar-refractivity contribution is -0.137. The first kappa shape index (κ1) is 25.5. The molecule has 13 heteroatoms. The summed E-state index contributed by atoms with van der Waals surface area (Å²) < 4.78 is 66.7. The second-order valence-corrected chi connectivity index (χ2v) is 10.4. The molecule has 2 aromatic heterocycles. The van der Waals surface area contributed by atoms with E-state index in [1.807, 2.05) is 0 Å². The van der Waals surface area contributed by atoms with Gasteiger partial charge in [-0.1, -0.05) is 12.1 Å². The maximum atomic E-state index is 13.0. The Balaban J connectivity index is 1.43. The van der Waals surface area contributed by atoms with Crippen LogP contribution in [-0.4, -0.2) is 35.1 Å². The lowest BCUT2D eigenvalue weighted by Gasteiger charge is -2.23. The minimum atomic E-state index is -4.53. The molecule has 1 aliphatic rings. The number of amides is 1. The Labute approximate surface area is 204 Å². The van der Waals surface area contributed by atoms with Gasteiger partial charge >= 0.3 is 6.18 Å². The number of halogens is 3. The molecular formula is C23H24F3N5O4S. The molecule has 0 aliphatic heterocycles. The number of aryl methyl sites for hydroxylation is 2. The van der Waals surface area contributed by atoms with Crippen molar-refractivity contribution in [1.82, 2.24) is 20.1 Å². The number of hydrogen-bond acceptors (Lipinski definition) is 5. The highest BCUT2D eigenvalue weighted by Gasteiger charge is 2.30. The largest absolute Gasteiger partial charge is 0.416 e. The van der Waals surface area contributed by atoms with Gasteiger partial charge in [-0.05, 0) is 61.6 Å². The predicted molar refractivity (Wildman–Crippen MR) is 126 cm³/mol. The number of benzene rings is 1. The summed E-state index contributed by atoms with van der Waals surface area (Å²) in [5, 5.41) is 9.87. The normalized spacial score (nSPS) is 15.8. The highest BCUT2D eigenvalue weighted by molar-refractivity contribution is 7.91. The molecule has 1 aliphatic carbocycles. The van der Waals surface area contributed by atoms with E-state index in [1.165, 1.54) is 12.1 Å². The molecule has 1 amide bonds. The van der Waals surface area contributed by atoms with Crippen LogP contribution < -0.4 is 15.6 Å². The number of fused-ring (bicyclic) bond motifs is 1. The number of rotatable bonds is 7. The van der Waals surface area contributed by atoms with Crippen LogP contribution in [0.4, 0.5) is 18.9 Å². The summed E-state index contributed by atoms with van der Waals surface area (Å²) in [7, 11) is -4.12. The standard InChI is InChI=1S/C23H24F3N5O4S/c1-14-2-8-20(30-36(34,35)13-15-3-5-17(6-4-15)23(24,25)26)22(33)31(14)12-21(32)28-18-7-9-19-16(10-18)11-27-29-19/h2-6,8,11,18,30H,7,9-10,12-13H2,1H3,(H,27,29)(H,28,32). The predicted octanol–water partition coefficient (Wildman–Crippen LogP) is 2.51. The highest BCUT2D eigenvalue weighted by atomic mass is 32.2. The van der Waals surface area contributed by atoms with Gasteiger partial charge in [0, 0.05) is 17.9 Å². The quantitative estimate of drug-likeness (QED) is 0.439. The van der Waals surface area contributed by atoms with E-state index in [4.69, 9.17) is 0 Å². The topological polar surface area (TPSA) is 126 Å². The van der Waals surface area contributed by atoms with Crippen LogP contribution in [0.3, 0.4) is 0 Å². The Kier molecular flexibility index (Phi) is 6.94. The van der Waals surface area contributed by atoms with Crippen molar-refractivity contribution in [2.75, 3.05) is 4.72 Å². The summed E-state index contributed by atoms with van der Waals surface area (Å²) in [6.45, 7) is 1.32. The van der Waals surface area contributed by atoms with Gasteiger partial charge in [0.1, 0.15) is 12.2 Å². The zero-order valence-corrected chi connectivity index (χ0v) is 20.0. The number of aromatic nitrogens is 3. The van der Waals surface area contributed by atoms with E-state index in [-0.39, 0.29) is 29.7 Å². The van der Waals surface area contributed by atoms with Crippen molar-refractivity contribution in [2.24, 2.45) is 0 Å². The van der Waals surface area contributed by atoms with Gasteiger partial charge in [-0.2, -0.15) is 18.3 Å². The Morgan fingerprint density at radius 1 is 1.19 bits per heavy atom. The molecule has 36 heavy (non-hydrogen) atoms. The van der Waals surface area contributed by atoms with Crippen molar-refractivity contribution in [2.45, 2.75) is 50.7 Å². The smallest absolute Gasteiger partial charge is 0.351 e. The van der Waals surface area contributed by atoms with Gasteiger partial charge in [-0.25, -0.2) is 8.42 Å². The van der Waals surface area contributed by atoms with Gasteiger partial charge in [-0.15, -0.1) is 0 Å². The average Bonchev–Trinajstić information content (AvgIpc) is 3.26. The van der Waals surface area contributed by atoms with Crippen molar-refractivity contribution in [3.05, 3.63) is 81.0 Å². The van der Waals surface area contributed by atoms with Crippen LogP contribution >= 0.6 is 0 Å². The molecule has 2 heterocycles. The molecule has 0 spiro atoms. The molecule has 0 bridgehead atoms. The molecule has 1 aromatic carbocycles. The van der Waals surface area contributed by atoms with Crippen LogP contribution in [0.5, 0.6) is 0 Å². The Bertz CT molecular complexity index is 1430. The Morgan fingerprint density at radius 3 is 2.61 bits per heavy atom. The summed E-state index contributed by atoms with van der Waals surface area (Å²) in [5.41, 5.74) is 0.725. The molecular weight excluding hydrogens is 499 g/mol. The van der Waals surface area contributed by atoms with Crippen molar-refractivity contribution >= 4 is 21.6 Å². The third-order valence-electron chi connectivity index (χ3n) is 5.97. The average molecular weight is 524 g/mol. The molecule has 3 N–H and O–H groups in total. The first-order valence-corrected chi connectivity index (χ1v) is 12.7. The minimum Gasteiger partial charge on any atom is -0.351 e. The summed E-state index contributed by atoms with van der Waals surface area (Å²) >= 11 is 0. The number of anilines is 1. The van der Waals surface area contributed by atoms with Crippen molar-refractivity contribution in [3.8, 4) is 0 Å². The number of nitrogens with zero attached hydrogens (tertiary/aromatic N) is 2. The third kappa shape index (κ3) is 5.96. The molecule has 0 saturated heterocycles. The zero-order chi connectivity index (χ0) is 26.1. The number of nitrogens with one attached hydrogen (secondary N) is 3. The van der Waals surface area contributed by atoms with E-state index < -0.39 is 33.1 Å². The van der Waals surface area contributed by atoms with E-state index in [1.54, 1.807) is 13.1 Å². The van der Waals surface area contributed by atoms with E-state index in [0.717, 1.165) is 46.5 Å².